The number of hydrogen-bond acceptors (Lipinski definition) is 2. The largest absolute Gasteiger partial charge is 0.423 e. The fraction of sp³-hybridized carbons (Fsp3) is 0.182. The van der Waals surface area contributed by atoms with Crippen LogP contribution in [0, 0.1) is 18.2 Å². The van der Waals surface area contributed by atoms with Gasteiger partial charge in [0.05, 0.1) is 0 Å². The van der Waals surface area contributed by atoms with Crippen LogP contribution in [0.25, 0.3) is 0 Å². The third-order valence-electron chi connectivity index (χ3n) is 1.61. The number of carbonyl (C=O) groups excluding carboxylic acids is 1. The van der Waals surface area contributed by atoms with E-state index in [0.717, 1.165) is 6.07 Å². The fourth-order valence-corrected chi connectivity index (χ4v) is 0.868. The van der Waals surface area contributed by atoms with Crippen LogP contribution in [0.3, 0.4) is 0 Å². The molecule has 14 heavy (non-hydrogen) atoms. The van der Waals surface area contributed by atoms with E-state index in [1.54, 1.807) is 6.92 Å². The van der Waals surface area contributed by atoms with Crippen molar-refractivity contribution in [2.45, 2.75) is 13.3 Å². The molecule has 1 rings (SSSR count). The van der Waals surface area contributed by atoms with Crippen LogP contribution in [0.1, 0.15) is 18.9 Å². The Labute approximate surface area is 81.7 Å². The summed E-state index contributed by atoms with van der Waals surface area (Å²) in [5, 5.41) is 0. The Balaban J connectivity index is 2.90. The van der Waals surface area contributed by atoms with E-state index in [-0.39, 0.29) is 12.2 Å². The van der Waals surface area contributed by atoms with Crippen molar-refractivity contribution >= 4 is 5.97 Å². The molecule has 0 heterocycles. The van der Waals surface area contributed by atoms with Crippen molar-refractivity contribution in [1.82, 2.24) is 0 Å². The Morgan fingerprint density at radius 1 is 1.64 bits per heavy atom. The molecule has 72 valence electrons. The average Bonchev–Trinajstić information content (AvgIpc) is 2.20. The summed E-state index contributed by atoms with van der Waals surface area (Å²) in [6.07, 6.45) is 5.28. The first-order chi connectivity index (χ1) is 6.67. The maximum atomic E-state index is 13.2. The summed E-state index contributed by atoms with van der Waals surface area (Å²) >= 11 is 0. The molecule has 0 atom stereocenters. The Kier molecular flexibility index (Phi) is 3.24. The van der Waals surface area contributed by atoms with Gasteiger partial charge in [-0.15, -0.1) is 6.42 Å². The van der Waals surface area contributed by atoms with Gasteiger partial charge < -0.3 is 4.74 Å². The molecule has 1 aromatic rings. The molecule has 0 aliphatic rings. The normalized spacial score (nSPS) is 9.21. The molecule has 0 bridgehead atoms. The molecule has 0 aliphatic heterocycles. The van der Waals surface area contributed by atoms with E-state index in [1.807, 2.05) is 0 Å². The van der Waals surface area contributed by atoms with E-state index >= 15 is 0 Å². The molecule has 2 nitrogen and oxygen atoms in total. The minimum Gasteiger partial charge on any atom is -0.423 e. The SMILES string of the molecule is C#Cc1ccc(OC(=O)CC)c(F)c1. The minimum atomic E-state index is -0.623. The van der Waals surface area contributed by atoms with Gasteiger partial charge in [0.15, 0.2) is 11.6 Å². The van der Waals surface area contributed by atoms with Crippen molar-refractivity contribution in [2.75, 3.05) is 0 Å². The number of terminal acetylenes is 1. The lowest BCUT2D eigenvalue weighted by Crippen LogP contribution is -2.06. The van der Waals surface area contributed by atoms with Crippen molar-refractivity contribution in [3.8, 4) is 18.1 Å². The molecule has 3 heteroatoms. The van der Waals surface area contributed by atoms with Crippen LogP contribution in [0.2, 0.25) is 0 Å². The van der Waals surface area contributed by atoms with Gasteiger partial charge in [0.25, 0.3) is 0 Å². The highest BCUT2D eigenvalue weighted by molar-refractivity contribution is 5.72. The molecular formula is C11H9FO2. The van der Waals surface area contributed by atoms with Gasteiger partial charge in [0.1, 0.15) is 0 Å². The monoisotopic (exact) mass is 192 g/mol. The Bertz CT molecular complexity index is 391. The number of carbonyl (C=O) groups is 1. The van der Waals surface area contributed by atoms with Gasteiger partial charge in [-0.1, -0.05) is 12.8 Å². The smallest absolute Gasteiger partial charge is 0.310 e. The summed E-state index contributed by atoms with van der Waals surface area (Å²) in [5.41, 5.74) is 0.416. The molecular weight excluding hydrogens is 183 g/mol. The topological polar surface area (TPSA) is 26.3 Å². The predicted molar refractivity (Wildman–Crippen MR) is 50.3 cm³/mol. The van der Waals surface area contributed by atoms with Crippen LogP contribution in [0.15, 0.2) is 18.2 Å². The molecule has 0 unspecified atom stereocenters. The minimum absolute atomic E-state index is 0.0872. The van der Waals surface area contributed by atoms with Crippen molar-refractivity contribution in [3.05, 3.63) is 29.6 Å². The van der Waals surface area contributed by atoms with Gasteiger partial charge in [0.2, 0.25) is 0 Å². The molecule has 0 saturated heterocycles. The summed E-state index contributed by atoms with van der Waals surface area (Å²) in [5.74, 6) is 1.10. The van der Waals surface area contributed by atoms with Crippen molar-refractivity contribution in [2.24, 2.45) is 0 Å². The van der Waals surface area contributed by atoms with Crippen LogP contribution < -0.4 is 4.74 Å². The molecule has 0 saturated carbocycles. The lowest BCUT2D eigenvalue weighted by molar-refractivity contribution is -0.134. The Morgan fingerprint density at radius 2 is 2.36 bits per heavy atom. The zero-order valence-electron chi connectivity index (χ0n) is 7.71. The van der Waals surface area contributed by atoms with E-state index < -0.39 is 11.8 Å². The summed E-state index contributed by atoms with van der Waals surface area (Å²) in [4.78, 5) is 10.9. The number of ether oxygens (including phenoxy) is 1. The highest BCUT2D eigenvalue weighted by Gasteiger charge is 2.07. The van der Waals surface area contributed by atoms with E-state index in [1.165, 1.54) is 12.1 Å². The standard InChI is InChI=1S/C11H9FO2/c1-3-8-5-6-10(9(12)7-8)14-11(13)4-2/h1,5-7H,4H2,2H3. The van der Waals surface area contributed by atoms with Crippen molar-refractivity contribution in [1.29, 1.82) is 0 Å². The highest BCUT2D eigenvalue weighted by atomic mass is 19.1. The average molecular weight is 192 g/mol. The molecule has 0 aromatic heterocycles. The van der Waals surface area contributed by atoms with Crippen molar-refractivity contribution < 1.29 is 13.9 Å². The van der Waals surface area contributed by atoms with E-state index in [2.05, 4.69) is 5.92 Å². The number of hydrogen-bond donors (Lipinski definition) is 0. The van der Waals surface area contributed by atoms with Crippen LogP contribution in [-0.4, -0.2) is 5.97 Å². The molecule has 0 spiro atoms. The van der Waals surface area contributed by atoms with Crippen LogP contribution in [0.4, 0.5) is 4.39 Å². The first-order valence-electron chi connectivity index (χ1n) is 4.14. The fourth-order valence-electron chi connectivity index (χ4n) is 0.868. The maximum Gasteiger partial charge on any atom is 0.310 e. The zero-order valence-corrected chi connectivity index (χ0v) is 7.71. The molecule has 1 aromatic carbocycles. The quantitative estimate of drug-likeness (QED) is 0.407. The number of rotatable bonds is 2. The first-order valence-corrected chi connectivity index (χ1v) is 4.14. The number of halogens is 1. The highest BCUT2D eigenvalue weighted by Crippen LogP contribution is 2.18. The number of esters is 1. The Morgan fingerprint density at radius 3 is 2.86 bits per heavy atom. The third-order valence-corrected chi connectivity index (χ3v) is 1.61. The van der Waals surface area contributed by atoms with Crippen LogP contribution in [0.5, 0.6) is 5.75 Å². The van der Waals surface area contributed by atoms with E-state index in [0.29, 0.717) is 5.56 Å². The summed E-state index contributed by atoms with van der Waals surface area (Å²) in [6.45, 7) is 1.63. The number of benzene rings is 1. The lowest BCUT2D eigenvalue weighted by Gasteiger charge is -2.03. The van der Waals surface area contributed by atoms with Gasteiger partial charge in [-0.3, -0.25) is 4.79 Å². The molecule has 0 N–H and O–H groups in total. The van der Waals surface area contributed by atoms with Gasteiger partial charge >= 0.3 is 5.97 Å². The van der Waals surface area contributed by atoms with Gasteiger partial charge in [0, 0.05) is 12.0 Å². The Hall–Kier alpha value is -1.82. The summed E-state index contributed by atoms with van der Waals surface area (Å²) < 4.78 is 17.9. The first kappa shape index (κ1) is 10.3. The third kappa shape index (κ3) is 2.33. The predicted octanol–water partition coefficient (Wildman–Crippen LogP) is 2.12. The van der Waals surface area contributed by atoms with Crippen LogP contribution in [-0.2, 0) is 4.79 Å². The van der Waals surface area contributed by atoms with Gasteiger partial charge in [-0.2, -0.15) is 0 Å². The summed E-state index contributed by atoms with van der Waals surface area (Å²) in [7, 11) is 0. The van der Waals surface area contributed by atoms with Crippen LogP contribution >= 0.6 is 0 Å². The van der Waals surface area contributed by atoms with Gasteiger partial charge in [-0.25, -0.2) is 4.39 Å². The summed E-state index contributed by atoms with van der Waals surface area (Å²) in [6, 6.07) is 4.01. The van der Waals surface area contributed by atoms with Crippen molar-refractivity contribution in [3.63, 3.8) is 0 Å². The second-order valence-electron chi connectivity index (χ2n) is 2.62. The second-order valence-corrected chi connectivity index (χ2v) is 2.62. The maximum absolute atomic E-state index is 13.2. The lowest BCUT2D eigenvalue weighted by atomic mass is 10.2. The molecule has 0 radical (unpaired) electrons. The molecule has 0 amide bonds. The molecule has 0 fully saturated rings. The zero-order chi connectivity index (χ0) is 10.6. The molecule has 0 aliphatic carbocycles. The van der Waals surface area contributed by atoms with E-state index in [9.17, 15) is 9.18 Å². The van der Waals surface area contributed by atoms with Gasteiger partial charge in [-0.05, 0) is 18.2 Å². The second kappa shape index (κ2) is 4.43. The van der Waals surface area contributed by atoms with E-state index in [4.69, 9.17) is 11.2 Å².